The molecule has 0 aliphatic carbocycles. The molecule has 1 aliphatic heterocycles. The van der Waals surface area contributed by atoms with Crippen molar-refractivity contribution in [1.29, 1.82) is 0 Å². The number of hydrogen-bond acceptors (Lipinski definition) is 5. The number of likely N-dealkylation sites (tertiary alicyclic amines) is 1. The van der Waals surface area contributed by atoms with Crippen LogP contribution in [-0.2, 0) is 19.1 Å². The summed E-state index contributed by atoms with van der Waals surface area (Å²) in [6, 6.07) is 3.08. The molecule has 1 aliphatic rings. The van der Waals surface area contributed by atoms with Crippen LogP contribution in [-0.4, -0.2) is 65.4 Å². The summed E-state index contributed by atoms with van der Waals surface area (Å²) in [6.45, 7) is 7.97. The monoisotopic (exact) mass is 439 g/mol. The lowest BCUT2D eigenvalue weighted by molar-refractivity contribution is -0.159. The van der Waals surface area contributed by atoms with E-state index in [-0.39, 0.29) is 36.6 Å². The molecule has 1 aromatic rings. The highest BCUT2D eigenvalue weighted by molar-refractivity contribution is 5.92. The fourth-order valence-corrected chi connectivity index (χ4v) is 3.60. The SMILES string of the molecule is CC(=O)N(CC(=O)OC(C)(C)C)[C@H]1CCCN(CC(=O)Nc2ccc(F)c(F)c2)CC1. The molecule has 7 nitrogen and oxygen atoms in total. The molecule has 9 heteroatoms. The Morgan fingerprint density at radius 2 is 1.87 bits per heavy atom. The van der Waals surface area contributed by atoms with Gasteiger partial charge in [0.1, 0.15) is 12.1 Å². The number of rotatable bonds is 6. The van der Waals surface area contributed by atoms with Crippen LogP contribution in [0.3, 0.4) is 0 Å². The van der Waals surface area contributed by atoms with E-state index in [1.54, 1.807) is 25.7 Å². The molecule has 31 heavy (non-hydrogen) atoms. The summed E-state index contributed by atoms with van der Waals surface area (Å²) in [7, 11) is 0. The highest BCUT2D eigenvalue weighted by Crippen LogP contribution is 2.19. The number of carbonyl (C=O) groups excluding carboxylic acids is 3. The number of halogens is 2. The normalized spacial score (nSPS) is 17.5. The Hall–Kier alpha value is -2.55. The van der Waals surface area contributed by atoms with Gasteiger partial charge in [0.25, 0.3) is 0 Å². The summed E-state index contributed by atoms with van der Waals surface area (Å²) < 4.78 is 31.7. The zero-order chi connectivity index (χ0) is 23.2. The molecule has 1 saturated heterocycles. The van der Waals surface area contributed by atoms with E-state index >= 15 is 0 Å². The van der Waals surface area contributed by atoms with E-state index in [1.165, 1.54) is 13.0 Å². The van der Waals surface area contributed by atoms with E-state index in [0.29, 0.717) is 25.9 Å². The third-order valence-electron chi connectivity index (χ3n) is 4.93. The topological polar surface area (TPSA) is 79.0 Å². The maximum Gasteiger partial charge on any atom is 0.326 e. The highest BCUT2D eigenvalue weighted by Gasteiger charge is 2.28. The van der Waals surface area contributed by atoms with Crippen molar-refractivity contribution in [2.24, 2.45) is 0 Å². The predicted molar refractivity (Wildman–Crippen MR) is 112 cm³/mol. The average Bonchev–Trinajstić information content (AvgIpc) is 2.86. The van der Waals surface area contributed by atoms with Gasteiger partial charge in [-0.1, -0.05) is 0 Å². The standard InChI is InChI=1S/C22H31F2N3O4/c1-15(28)27(14-21(30)31-22(2,3)4)17-6-5-10-26(11-9-17)13-20(29)25-16-7-8-18(23)19(24)12-16/h7-8,12,17H,5-6,9-11,13-14H2,1-4H3,(H,25,29)/t17-/m0/s1. The summed E-state index contributed by atoms with van der Waals surface area (Å²) >= 11 is 0. The molecular formula is C22H31F2N3O4. The van der Waals surface area contributed by atoms with E-state index in [2.05, 4.69) is 5.32 Å². The molecule has 1 aromatic carbocycles. The minimum Gasteiger partial charge on any atom is -0.459 e. The van der Waals surface area contributed by atoms with Gasteiger partial charge in [-0.15, -0.1) is 0 Å². The fraction of sp³-hybridized carbons (Fsp3) is 0.591. The number of nitrogens with zero attached hydrogens (tertiary/aromatic N) is 2. The molecule has 0 unspecified atom stereocenters. The quantitative estimate of drug-likeness (QED) is 0.690. The number of anilines is 1. The van der Waals surface area contributed by atoms with Crippen molar-refractivity contribution in [1.82, 2.24) is 9.80 Å². The second-order valence-corrected chi connectivity index (χ2v) is 8.77. The molecule has 1 N–H and O–H groups in total. The van der Waals surface area contributed by atoms with Gasteiger partial charge in [0.2, 0.25) is 11.8 Å². The van der Waals surface area contributed by atoms with Crippen LogP contribution >= 0.6 is 0 Å². The Bertz CT molecular complexity index is 810. The van der Waals surface area contributed by atoms with Crippen LogP contribution in [0, 0.1) is 11.6 Å². The number of nitrogens with one attached hydrogen (secondary N) is 1. The maximum absolute atomic E-state index is 13.3. The van der Waals surface area contributed by atoms with Gasteiger partial charge in [-0.05, 0) is 58.7 Å². The van der Waals surface area contributed by atoms with E-state index in [4.69, 9.17) is 4.74 Å². The third-order valence-corrected chi connectivity index (χ3v) is 4.93. The zero-order valence-corrected chi connectivity index (χ0v) is 18.5. The minimum atomic E-state index is -1.02. The first kappa shape index (κ1) is 24.7. The Balaban J connectivity index is 1.90. The molecule has 0 aromatic heterocycles. The molecule has 0 spiro atoms. The first-order valence-corrected chi connectivity index (χ1v) is 10.4. The molecular weight excluding hydrogens is 408 g/mol. The van der Waals surface area contributed by atoms with Gasteiger partial charge in [-0.25, -0.2) is 8.78 Å². The van der Waals surface area contributed by atoms with Crippen molar-refractivity contribution < 1.29 is 27.9 Å². The maximum atomic E-state index is 13.3. The molecule has 1 heterocycles. The number of amides is 2. The number of ether oxygens (including phenoxy) is 1. The van der Waals surface area contributed by atoms with Gasteiger partial charge in [0, 0.05) is 31.3 Å². The largest absolute Gasteiger partial charge is 0.459 e. The summed E-state index contributed by atoms with van der Waals surface area (Å²) in [5.41, 5.74) is -0.433. The van der Waals surface area contributed by atoms with Crippen LogP contribution in [0.4, 0.5) is 14.5 Å². The second-order valence-electron chi connectivity index (χ2n) is 8.77. The van der Waals surface area contributed by atoms with Crippen LogP contribution in [0.25, 0.3) is 0 Å². The predicted octanol–water partition coefficient (Wildman–Crippen LogP) is 2.95. The second kappa shape index (κ2) is 10.7. The molecule has 0 saturated carbocycles. The van der Waals surface area contributed by atoms with Crippen molar-refractivity contribution in [2.45, 2.75) is 58.6 Å². The highest BCUT2D eigenvalue weighted by atomic mass is 19.2. The molecule has 172 valence electrons. The first-order valence-electron chi connectivity index (χ1n) is 10.4. The van der Waals surface area contributed by atoms with Gasteiger partial charge >= 0.3 is 5.97 Å². The minimum absolute atomic E-state index is 0.0951. The number of carbonyl (C=O) groups is 3. The summed E-state index contributed by atoms with van der Waals surface area (Å²) in [5, 5.41) is 2.56. The smallest absolute Gasteiger partial charge is 0.326 e. The Kier molecular flexibility index (Phi) is 8.50. The Morgan fingerprint density at radius 1 is 1.16 bits per heavy atom. The molecule has 2 rings (SSSR count). The van der Waals surface area contributed by atoms with E-state index in [0.717, 1.165) is 18.6 Å². The molecule has 1 atom stereocenters. The first-order chi connectivity index (χ1) is 14.4. The van der Waals surface area contributed by atoms with Crippen LogP contribution in [0.5, 0.6) is 0 Å². The van der Waals surface area contributed by atoms with Crippen molar-refractivity contribution >= 4 is 23.5 Å². The van der Waals surface area contributed by atoms with Gasteiger partial charge in [0.05, 0.1) is 6.54 Å². The number of hydrogen-bond donors (Lipinski definition) is 1. The van der Waals surface area contributed by atoms with Crippen molar-refractivity contribution in [3.63, 3.8) is 0 Å². The third kappa shape index (κ3) is 8.24. The molecule has 0 radical (unpaired) electrons. The summed E-state index contributed by atoms with van der Waals surface area (Å²) in [6.07, 6.45) is 2.08. The molecule has 2 amide bonds. The van der Waals surface area contributed by atoms with Crippen molar-refractivity contribution in [3.8, 4) is 0 Å². The van der Waals surface area contributed by atoms with E-state index < -0.39 is 23.2 Å². The molecule has 1 fully saturated rings. The molecule has 0 bridgehead atoms. The number of esters is 1. The Morgan fingerprint density at radius 3 is 2.48 bits per heavy atom. The van der Waals surface area contributed by atoms with Gasteiger partial charge in [0.15, 0.2) is 11.6 Å². The van der Waals surface area contributed by atoms with E-state index in [9.17, 15) is 23.2 Å². The van der Waals surface area contributed by atoms with Crippen molar-refractivity contribution in [2.75, 3.05) is 31.5 Å². The lowest BCUT2D eigenvalue weighted by Crippen LogP contribution is -2.44. The summed E-state index contributed by atoms with van der Waals surface area (Å²) in [5.74, 6) is -2.97. The zero-order valence-electron chi connectivity index (χ0n) is 18.5. The van der Waals surface area contributed by atoms with Crippen LogP contribution < -0.4 is 5.32 Å². The van der Waals surface area contributed by atoms with Crippen LogP contribution in [0.15, 0.2) is 18.2 Å². The van der Waals surface area contributed by atoms with Gasteiger partial charge in [-0.2, -0.15) is 0 Å². The summed E-state index contributed by atoms with van der Waals surface area (Å²) in [4.78, 5) is 40.1. The Labute approximate surface area is 181 Å². The van der Waals surface area contributed by atoms with Crippen LogP contribution in [0.1, 0.15) is 47.0 Å². The van der Waals surface area contributed by atoms with Gasteiger partial charge < -0.3 is 15.0 Å². The van der Waals surface area contributed by atoms with Crippen LogP contribution in [0.2, 0.25) is 0 Å². The van der Waals surface area contributed by atoms with E-state index in [1.807, 2.05) is 4.90 Å². The lowest BCUT2D eigenvalue weighted by atomic mass is 10.1. The van der Waals surface area contributed by atoms with Crippen molar-refractivity contribution in [3.05, 3.63) is 29.8 Å². The fourth-order valence-electron chi connectivity index (χ4n) is 3.60. The van der Waals surface area contributed by atoms with Gasteiger partial charge in [-0.3, -0.25) is 19.3 Å². The average molecular weight is 440 g/mol. The lowest BCUT2D eigenvalue weighted by Gasteiger charge is -2.31. The number of benzene rings is 1.